The van der Waals surface area contributed by atoms with Crippen LogP contribution in [0.3, 0.4) is 0 Å². The lowest BCUT2D eigenvalue weighted by Crippen LogP contribution is -2.05. The second-order valence-corrected chi connectivity index (χ2v) is 2.90. The Morgan fingerprint density at radius 1 is 1.29 bits per heavy atom. The van der Waals surface area contributed by atoms with Gasteiger partial charge < -0.3 is 5.73 Å². The molecule has 1 nitrogen and oxygen atoms in total. The zero-order valence-corrected chi connectivity index (χ0v) is 7.43. The fourth-order valence-corrected chi connectivity index (χ4v) is 1.07. The Morgan fingerprint density at radius 3 is 2.50 bits per heavy atom. The number of hydrogen-bond acceptors (Lipinski definition) is 1. The largest absolute Gasteiger partial charge is 0.327 e. The molecule has 0 aliphatic carbocycles. The van der Waals surface area contributed by atoms with Crippen molar-refractivity contribution in [3.05, 3.63) is 47.3 Å². The van der Waals surface area contributed by atoms with Crippen molar-refractivity contribution in [3.8, 4) is 0 Å². The molecule has 1 aromatic rings. The van der Waals surface area contributed by atoms with Gasteiger partial charge in [-0.3, -0.25) is 0 Å². The summed E-state index contributed by atoms with van der Waals surface area (Å²) < 4.78 is 37.3. The first-order chi connectivity index (χ1) is 6.67. The highest BCUT2D eigenvalue weighted by atomic mass is 19.2. The highest BCUT2D eigenvalue weighted by Gasteiger charge is 2.04. The topological polar surface area (TPSA) is 26.0 Å². The van der Waals surface area contributed by atoms with Gasteiger partial charge in [-0.15, -0.1) is 0 Å². The Hall–Kier alpha value is -1.29. The van der Waals surface area contributed by atoms with Crippen LogP contribution in [0.15, 0.2) is 30.1 Å². The summed E-state index contributed by atoms with van der Waals surface area (Å²) in [6.45, 7) is 0.0650. The quantitative estimate of drug-likeness (QED) is 0.797. The van der Waals surface area contributed by atoms with E-state index in [-0.39, 0.29) is 13.0 Å². The second-order valence-electron chi connectivity index (χ2n) is 2.90. The minimum atomic E-state index is -0.933. The van der Waals surface area contributed by atoms with Gasteiger partial charge in [0.1, 0.15) is 0 Å². The molecule has 0 spiro atoms. The summed E-state index contributed by atoms with van der Waals surface area (Å²) >= 11 is 0. The van der Waals surface area contributed by atoms with Gasteiger partial charge in [0.15, 0.2) is 11.6 Å². The molecule has 76 valence electrons. The maximum absolute atomic E-state index is 12.7. The second kappa shape index (κ2) is 4.81. The third-order valence-electron chi connectivity index (χ3n) is 1.83. The van der Waals surface area contributed by atoms with E-state index in [0.717, 1.165) is 12.1 Å². The lowest BCUT2D eigenvalue weighted by molar-refractivity contribution is 0.507. The van der Waals surface area contributed by atoms with Crippen LogP contribution in [0.25, 0.3) is 0 Å². The molecular weight excluding hydrogens is 191 g/mol. The summed E-state index contributed by atoms with van der Waals surface area (Å²) in [7, 11) is 0. The van der Waals surface area contributed by atoms with E-state index in [1.54, 1.807) is 0 Å². The smallest absolute Gasteiger partial charge is 0.159 e. The summed E-state index contributed by atoms with van der Waals surface area (Å²) in [6.07, 6.45) is 0.589. The van der Waals surface area contributed by atoms with Crippen LogP contribution in [-0.2, 0) is 6.42 Å². The Balaban J connectivity index is 2.82. The van der Waals surface area contributed by atoms with Gasteiger partial charge >= 0.3 is 0 Å². The zero-order chi connectivity index (χ0) is 10.6. The first-order valence-electron chi connectivity index (χ1n) is 4.09. The van der Waals surface area contributed by atoms with Crippen LogP contribution >= 0.6 is 0 Å². The van der Waals surface area contributed by atoms with Crippen molar-refractivity contribution in [1.82, 2.24) is 0 Å². The summed E-state index contributed by atoms with van der Waals surface area (Å²) in [5, 5.41) is 0. The van der Waals surface area contributed by atoms with Gasteiger partial charge in [-0.1, -0.05) is 6.07 Å². The highest BCUT2D eigenvalue weighted by molar-refractivity contribution is 5.23. The van der Waals surface area contributed by atoms with Crippen molar-refractivity contribution in [2.45, 2.75) is 6.42 Å². The first-order valence-corrected chi connectivity index (χ1v) is 4.09. The van der Waals surface area contributed by atoms with Crippen LogP contribution in [0.1, 0.15) is 5.56 Å². The standard InChI is InChI=1S/C10H10F3N/c11-5-8(6-14)3-7-1-2-9(12)10(13)4-7/h1-2,4-5H,3,6,14H2/b8-5+. The van der Waals surface area contributed by atoms with Crippen LogP contribution < -0.4 is 5.73 Å². The first kappa shape index (κ1) is 10.8. The molecule has 0 aliphatic heterocycles. The Bertz CT molecular complexity index is 347. The Labute approximate surface area is 80.0 Å². The van der Waals surface area contributed by atoms with E-state index >= 15 is 0 Å². The lowest BCUT2D eigenvalue weighted by atomic mass is 10.1. The van der Waals surface area contributed by atoms with Crippen LogP contribution in [-0.4, -0.2) is 6.54 Å². The molecule has 1 rings (SSSR count). The predicted octanol–water partition coefficient (Wildman–Crippen LogP) is 2.32. The van der Waals surface area contributed by atoms with Crippen molar-refractivity contribution in [2.24, 2.45) is 5.73 Å². The monoisotopic (exact) mass is 201 g/mol. The van der Waals surface area contributed by atoms with Gasteiger partial charge in [0.05, 0.1) is 6.33 Å². The third-order valence-corrected chi connectivity index (χ3v) is 1.83. The molecule has 0 atom stereocenters. The molecule has 1 aromatic carbocycles. The molecule has 2 N–H and O–H groups in total. The van der Waals surface area contributed by atoms with Crippen LogP contribution in [0.5, 0.6) is 0 Å². The van der Waals surface area contributed by atoms with Gasteiger partial charge in [-0.2, -0.15) is 0 Å². The van der Waals surface area contributed by atoms with Gasteiger partial charge in [-0.05, 0) is 29.7 Å². The number of benzene rings is 1. The van der Waals surface area contributed by atoms with E-state index < -0.39 is 11.6 Å². The number of rotatable bonds is 3. The maximum atomic E-state index is 12.7. The Morgan fingerprint density at radius 2 is 2.00 bits per heavy atom. The number of hydrogen-bond donors (Lipinski definition) is 1. The van der Waals surface area contributed by atoms with E-state index in [1.807, 2.05) is 0 Å². The molecule has 0 unspecified atom stereocenters. The van der Waals surface area contributed by atoms with Crippen LogP contribution in [0.4, 0.5) is 13.2 Å². The molecule has 0 amide bonds. The average molecular weight is 201 g/mol. The molecule has 0 aliphatic rings. The molecular formula is C10H10F3N. The number of halogens is 3. The van der Waals surface area contributed by atoms with E-state index in [9.17, 15) is 13.2 Å². The highest BCUT2D eigenvalue weighted by Crippen LogP contribution is 2.12. The summed E-state index contributed by atoms with van der Waals surface area (Å²) in [6, 6.07) is 3.45. The summed E-state index contributed by atoms with van der Waals surface area (Å²) in [5.41, 5.74) is 6.06. The van der Waals surface area contributed by atoms with E-state index in [4.69, 9.17) is 5.73 Å². The molecule has 14 heavy (non-hydrogen) atoms. The van der Waals surface area contributed by atoms with Crippen molar-refractivity contribution < 1.29 is 13.2 Å². The minimum Gasteiger partial charge on any atom is -0.327 e. The average Bonchev–Trinajstić information content (AvgIpc) is 2.19. The molecule has 0 saturated heterocycles. The summed E-state index contributed by atoms with van der Waals surface area (Å²) in [5.74, 6) is -1.84. The van der Waals surface area contributed by atoms with Gasteiger partial charge in [0.2, 0.25) is 0 Å². The van der Waals surface area contributed by atoms with Crippen molar-refractivity contribution >= 4 is 0 Å². The minimum absolute atomic E-state index is 0.0650. The van der Waals surface area contributed by atoms with Crippen molar-refractivity contribution in [2.75, 3.05) is 6.54 Å². The lowest BCUT2D eigenvalue weighted by Gasteiger charge is -2.03. The van der Waals surface area contributed by atoms with Crippen LogP contribution in [0, 0.1) is 11.6 Å². The Kier molecular flexibility index (Phi) is 3.71. The normalized spacial score (nSPS) is 11.9. The van der Waals surface area contributed by atoms with Crippen molar-refractivity contribution in [1.29, 1.82) is 0 Å². The van der Waals surface area contributed by atoms with E-state index in [1.165, 1.54) is 6.07 Å². The molecule has 0 fully saturated rings. The van der Waals surface area contributed by atoms with Crippen molar-refractivity contribution in [3.63, 3.8) is 0 Å². The third kappa shape index (κ3) is 2.60. The molecule has 4 heteroatoms. The number of nitrogens with two attached hydrogens (primary N) is 1. The fourth-order valence-electron chi connectivity index (χ4n) is 1.07. The molecule has 0 bridgehead atoms. The maximum Gasteiger partial charge on any atom is 0.159 e. The SMILES string of the molecule is NC/C(=C/F)Cc1ccc(F)c(F)c1. The fraction of sp³-hybridized carbons (Fsp3) is 0.200. The predicted molar refractivity (Wildman–Crippen MR) is 48.3 cm³/mol. The van der Waals surface area contributed by atoms with Gasteiger partial charge in [0, 0.05) is 6.54 Å². The summed E-state index contributed by atoms with van der Waals surface area (Å²) in [4.78, 5) is 0. The molecule has 0 radical (unpaired) electrons. The molecule has 0 heterocycles. The van der Waals surface area contributed by atoms with Gasteiger partial charge in [0.25, 0.3) is 0 Å². The van der Waals surface area contributed by atoms with Crippen LogP contribution in [0.2, 0.25) is 0 Å². The van der Waals surface area contributed by atoms with E-state index in [2.05, 4.69) is 0 Å². The molecule has 0 aromatic heterocycles. The molecule has 0 saturated carbocycles. The zero-order valence-electron chi connectivity index (χ0n) is 7.43. The van der Waals surface area contributed by atoms with E-state index in [0.29, 0.717) is 17.5 Å². The van der Waals surface area contributed by atoms with Gasteiger partial charge in [-0.25, -0.2) is 13.2 Å².